The van der Waals surface area contributed by atoms with Gasteiger partial charge in [0.05, 0.1) is 5.00 Å². The minimum atomic E-state index is -0.953. The molecule has 1 heterocycles. The van der Waals surface area contributed by atoms with Crippen LogP contribution < -0.4 is 4.90 Å². The van der Waals surface area contributed by atoms with Crippen LogP contribution in [0.25, 0.3) is 0 Å². The summed E-state index contributed by atoms with van der Waals surface area (Å²) >= 11 is 1.55. The second-order valence-electron chi connectivity index (χ2n) is 4.93. The lowest BCUT2D eigenvalue weighted by Crippen LogP contribution is -2.43. The van der Waals surface area contributed by atoms with Crippen molar-refractivity contribution in [3.05, 3.63) is 16.5 Å². The zero-order valence-electron chi connectivity index (χ0n) is 10.5. The second-order valence-corrected chi connectivity index (χ2v) is 6.04. The smallest absolute Gasteiger partial charge is 0.327 e. The molecule has 1 unspecified atom stereocenters. The first-order chi connectivity index (χ1) is 8.54. The van der Waals surface area contributed by atoms with Gasteiger partial charge in [0.1, 0.15) is 6.04 Å². The fourth-order valence-electron chi connectivity index (χ4n) is 2.42. The Morgan fingerprint density at radius 1 is 1.50 bits per heavy atom. The molecule has 98 valence electrons. The molecule has 1 atom stereocenters. The number of nitrogens with zero attached hydrogens (tertiary/aromatic N) is 1. The van der Waals surface area contributed by atoms with Crippen LogP contribution in [0.3, 0.4) is 0 Å². The topological polar surface area (TPSA) is 57.6 Å². The minimum Gasteiger partial charge on any atom is -0.480 e. The highest BCUT2D eigenvalue weighted by molar-refractivity contribution is 7.16. The summed E-state index contributed by atoms with van der Waals surface area (Å²) in [7, 11) is 0. The van der Waals surface area contributed by atoms with Crippen molar-refractivity contribution in [3.8, 4) is 0 Å². The first-order valence-electron chi connectivity index (χ1n) is 6.12. The molecule has 1 aromatic heterocycles. The van der Waals surface area contributed by atoms with Crippen molar-refractivity contribution in [1.82, 2.24) is 0 Å². The fourth-order valence-corrected chi connectivity index (χ4v) is 3.67. The number of hydrogen-bond donors (Lipinski definition) is 1. The number of aliphatic carboxylic acids is 1. The van der Waals surface area contributed by atoms with Crippen LogP contribution in [0.1, 0.15) is 30.7 Å². The average Bonchev–Trinajstić information content (AvgIpc) is 2.83. The molecular weight excluding hydrogens is 250 g/mol. The van der Waals surface area contributed by atoms with Crippen LogP contribution in [-0.4, -0.2) is 23.5 Å². The summed E-state index contributed by atoms with van der Waals surface area (Å²) in [6.07, 6.45) is 3.89. The molecule has 1 aromatic rings. The van der Waals surface area contributed by atoms with Gasteiger partial charge >= 0.3 is 5.97 Å². The molecule has 0 saturated carbocycles. The Hall–Kier alpha value is -1.36. The third kappa shape index (κ3) is 2.27. The van der Waals surface area contributed by atoms with Crippen LogP contribution in [0.2, 0.25) is 0 Å². The summed E-state index contributed by atoms with van der Waals surface area (Å²) in [4.78, 5) is 25.2. The number of thiophene rings is 1. The second kappa shape index (κ2) is 5.10. The van der Waals surface area contributed by atoms with Crippen LogP contribution in [0.15, 0.2) is 6.07 Å². The van der Waals surface area contributed by atoms with E-state index in [4.69, 9.17) is 0 Å². The Morgan fingerprint density at radius 3 is 2.72 bits per heavy atom. The average molecular weight is 267 g/mol. The number of anilines is 1. The number of carboxylic acid groups (broad SMARTS) is 1. The lowest BCUT2D eigenvalue weighted by atomic mass is 10.0. The first-order valence-corrected chi connectivity index (χ1v) is 6.94. The molecule has 5 heteroatoms. The highest BCUT2D eigenvalue weighted by atomic mass is 32.1. The lowest BCUT2D eigenvalue weighted by Gasteiger charge is -2.26. The zero-order chi connectivity index (χ0) is 13.3. The summed E-state index contributed by atoms with van der Waals surface area (Å²) in [5.74, 6) is -1.07. The van der Waals surface area contributed by atoms with Gasteiger partial charge in [-0.2, -0.15) is 0 Å². The van der Waals surface area contributed by atoms with Gasteiger partial charge < -0.3 is 5.11 Å². The fraction of sp³-hybridized carbons (Fsp3) is 0.538. The number of amides is 1. The molecule has 0 radical (unpaired) electrons. The lowest BCUT2D eigenvalue weighted by molar-refractivity contribution is -0.140. The monoisotopic (exact) mass is 267 g/mol. The molecule has 0 saturated heterocycles. The van der Waals surface area contributed by atoms with E-state index in [1.165, 1.54) is 15.3 Å². The predicted molar refractivity (Wildman–Crippen MR) is 71.1 cm³/mol. The maximum absolute atomic E-state index is 11.3. The van der Waals surface area contributed by atoms with Gasteiger partial charge in [0.25, 0.3) is 0 Å². The summed E-state index contributed by atoms with van der Waals surface area (Å²) in [6, 6.07) is 1.18. The van der Waals surface area contributed by atoms with Gasteiger partial charge in [0.15, 0.2) is 0 Å². The summed E-state index contributed by atoms with van der Waals surface area (Å²) in [5, 5.41) is 10.0. The number of carbonyl (C=O) groups is 2. The number of aryl methyl sites for hydroxylation is 2. The van der Waals surface area contributed by atoms with Gasteiger partial charge in [-0.05, 0) is 36.8 Å². The van der Waals surface area contributed by atoms with Gasteiger partial charge in [0, 0.05) is 4.88 Å². The maximum Gasteiger partial charge on any atom is 0.327 e. The van der Waals surface area contributed by atoms with Gasteiger partial charge in [0.2, 0.25) is 6.41 Å². The maximum atomic E-state index is 11.3. The van der Waals surface area contributed by atoms with Crippen molar-refractivity contribution in [2.75, 3.05) is 4.90 Å². The largest absolute Gasteiger partial charge is 0.480 e. The van der Waals surface area contributed by atoms with Crippen LogP contribution >= 0.6 is 11.3 Å². The Balaban J connectivity index is 2.31. The Labute approximate surface area is 110 Å². The quantitative estimate of drug-likeness (QED) is 0.833. The molecule has 0 bridgehead atoms. The molecule has 0 fully saturated rings. The molecule has 1 aliphatic rings. The standard InChI is InChI=1S/C13H17NO3S/c1-8(2)12(13(16)17)14(7-15)11-6-9-4-3-5-10(9)18-11/h6-8,12H,3-5H2,1-2H3,(H,16,17). The third-order valence-corrected chi connectivity index (χ3v) is 4.54. The van der Waals surface area contributed by atoms with Gasteiger partial charge in [-0.3, -0.25) is 9.69 Å². The molecule has 4 nitrogen and oxygen atoms in total. The Morgan fingerprint density at radius 2 is 2.22 bits per heavy atom. The number of hydrogen-bond acceptors (Lipinski definition) is 3. The van der Waals surface area contributed by atoms with Crippen LogP contribution in [-0.2, 0) is 22.4 Å². The van der Waals surface area contributed by atoms with Crippen LogP contribution in [0, 0.1) is 5.92 Å². The van der Waals surface area contributed by atoms with Crippen molar-refractivity contribution in [3.63, 3.8) is 0 Å². The van der Waals surface area contributed by atoms with Crippen molar-refractivity contribution in [2.24, 2.45) is 5.92 Å². The highest BCUT2D eigenvalue weighted by Gasteiger charge is 2.31. The van der Waals surface area contributed by atoms with Crippen molar-refractivity contribution >= 4 is 28.7 Å². The van der Waals surface area contributed by atoms with E-state index in [1.54, 1.807) is 11.3 Å². The molecular formula is C13H17NO3S. The van der Waals surface area contributed by atoms with E-state index in [0.717, 1.165) is 24.3 Å². The molecule has 18 heavy (non-hydrogen) atoms. The molecule has 2 rings (SSSR count). The highest BCUT2D eigenvalue weighted by Crippen LogP contribution is 2.36. The first kappa shape index (κ1) is 13.1. The van der Waals surface area contributed by atoms with Gasteiger partial charge in [-0.25, -0.2) is 4.79 Å². The third-order valence-electron chi connectivity index (χ3n) is 3.29. The molecule has 0 aromatic carbocycles. The van der Waals surface area contributed by atoms with E-state index < -0.39 is 12.0 Å². The van der Waals surface area contributed by atoms with E-state index in [9.17, 15) is 14.7 Å². The summed E-state index contributed by atoms with van der Waals surface area (Å²) < 4.78 is 0. The van der Waals surface area contributed by atoms with Crippen molar-refractivity contribution < 1.29 is 14.7 Å². The molecule has 1 aliphatic carbocycles. The van der Waals surface area contributed by atoms with Crippen LogP contribution in [0.5, 0.6) is 0 Å². The van der Waals surface area contributed by atoms with Crippen LogP contribution in [0.4, 0.5) is 5.00 Å². The van der Waals surface area contributed by atoms with E-state index in [1.807, 2.05) is 19.9 Å². The van der Waals surface area contributed by atoms with E-state index in [2.05, 4.69) is 0 Å². The Kier molecular flexibility index (Phi) is 3.71. The number of rotatable bonds is 5. The van der Waals surface area contributed by atoms with Crippen molar-refractivity contribution in [2.45, 2.75) is 39.2 Å². The molecule has 1 N–H and O–H groups in total. The predicted octanol–water partition coefficient (Wildman–Crippen LogP) is 2.31. The molecule has 1 amide bonds. The van der Waals surface area contributed by atoms with Crippen molar-refractivity contribution in [1.29, 1.82) is 0 Å². The SMILES string of the molecule is CC(C)C(C(=O)O)N(C=O)c1cc2c(s1)CCC2. The number of fused-ring (bicyclic) bond motifs is 1. The molecule has 0 aliphatic heterocycles. The summed E-state index contributed by atoms with van der Waals surface area (Å²) in [6.45, 7) is 3.63. The van der Waals surface area contributed by atoms with E-state index >= 15 is 0 Å². The summed E-state index contributed by atoms with van der Waals surface area (Å²) in [5.41, 5.74) is 1.27. The molecule has 0 spiro atoms. The zero-order valence-corrected chi connectivity index (χ0v) is 11.4. The minimum absolute atomic E-state index is 0.121. The Bertz CT molecular complexity index is 445. The normalized spacial score (nSPS) is 15.5. The van der Waals surface area contributed by atoms with Gasteiger partial charge in [-0.15, -0.1) is 11.3 Å². The van der Waals surface area contributed by atoms with E-state index in [0.29, 0.717) is 6.41 Å². The number of carboxylic acids is 1. The number of carbonyl (C=O) groups excluding carboxylic acids is 1. The van der Waals surface area contributed by atoms with E-state index in [-0.39, 0.29) is 5.92 Å². The van der Waals surface area contributed by atoms with Gasteiger partial charge in [-0.1, -0.05) is 13.8 Å².